The van der Waals surface area contributed by atoms with Crippen molar-refractivity contribution >= 4 is 0 Å². The van der Waals surface area contributed by atoms with E-state index in [1.165, 1.54) is 31.5 Å². The number of aromatic hydroxyl groups is 1. The molecule has 4 nitrogen and oxygen atoms in total. The number of phenolic OH excluding ortho intramolecular Hbond substituents is 1. The highest BCUT2D eigenvalue weighted by molar-refractivity contribution is 5.25. The molecular weight excluding hydrogens is 238 g/mol. The molecule has 0 bridgehead atoms. The first-order chi connectivity index (χ1) is 9.11. The molecule has 0 aliphatic carbocycles. The molecule has 1 saturated heterocycles. The first-order valence-corrected chi connectivity index (χ1v) is 7.16. The Bertz CT molecular complexity index is 383. The van der Waals surface area contributed by atoms with Gasteiger partial charge >= 0.3 is 0 Å². The van der Waals surface area contributed by atoms with Crippen LogP contribution < -0.4 is 10.7 Å². The van der Waals surface area contributed by atoms with Gasteiger partial charge in [0.25, 0.3) is 0 Å². The predicted octanol–water partition coefficient (Wildman–Crippen LogP) is 1.27. The number of hydrogen-bond acceptors (Lipinski definition) is 3. The standard InChI is InChI=1S/C15H25N3O/c1-16-18(2)11-8-14(9-12-18)17-10-7-13-3-5-15(19)6-4-13/h3-6,14,16-17H,7-12H2,1-2H3/p+1. The minimum Gasteiger partial charge on any atom is -0.508 e. The van der Waals surface area contributed by atoms with Crippen LogP contribution in [0.25, 0.3) is 0 Å². The van der Waals surface area contributed by atoms with Crippen LogP contribution in [0.4, 0.5) is 0 Å². The van der Waals surface area contributed by atoms with Crippen LogP contribution in [-0.4, -0.2) is 49.5 Å². The molecule has 2 rings (SSSR count). The first-order valence-electron chi connectivity index (χ1n) is 7.16. The lowest BCUT2D eigenvalue weighted by Gasteiger charge is -2.39. The van der Waals surface area contributed by atoms with E-state index in [1.807, 2.05) is 19.2 Å². The summed E-state index contributed by atoms with van der Waals surface area (Å²) in [5.41, 5.74) is 4.65. The highest BCUT2D eigenvalue weighted by Crippen LogP contribution is 2.14. The monoisotopic (exact) mass is 264 g/mol. The zero-order valence-electron chi connectivity index (χ0n) is 12.0. The summed E-state index contributed by atoms with van der Waals surface area (Å²) in [6, 6.07) is 8.15. The Morgan fingerprint density at radius 3 is 2.42 bits per heavy atom. The van der Waals surface area contributed by atoms with E-state index in [-0.39, 0.29) is 0 Å². The van der Waals surface area contributed by atoms with E-state index >= 15 is 0 Å². The summed E-state index contributed by atoms with van der Waals surface area (Å²) in [6.07, 6.45) is 3.48. The van der Waals surface area contributed by atoms with Crippen molar-refractivity contribution in [2.24, 2.45) is 0 Å². The third kappa shape index (κ3) is 4.20. The average molecular weight is 264 g/mol. The number of benzene rings is 1. The van der Waals surface area contributed by atoms with E-state index in [0.29, 0.717) is 11.8 Å². The van der Waals surface area contributed by atoms with Gasteiger partial charge in [-0.25, -0.2) is 4.59 Å². The number of nitrogens with one attached hydrogen (secondary N) is 2. The fourth-order valence-electron chi connectivity index (χ4n) is 2.65. The fourth-order valence-corrected chi connectivity index (χ4v) is 2.65. The number of likely N-dealkylation sites (tertiary alicyclic amines) is 1. The van der Waals surface area contributed by atoms with E-state index in [4.69, 9.17) is 0 Å². The summed E-state index contributed by atoms with van der Waals surface area (Å²) < 4.78 is 0.982. The summed E-state index contributed by atoms with van der Waals surface area (Å²) in [7, 11) is 4.30. The van der Waals surface area contributed by atoms with Gasteiger partial charge in [0.05, 0.1) is 20.1 Å². The summed E-state index contributed by atoms with van der Waals surface area (Å²) in [6.45, 7) is 3.39. The largest absolute Gasteiger partial charge is 0.508 e. The number of nitrogens with zero attached hydrogens (tertiary/aromatic N) is 1. The Labute approximate surface area is 116 Å². The van der Waals surface area contributed by atoms with Crippen LogP contribution in [-0.2, 0) is 6.42 Å². The molecule has 19 heavy (non-hydrogen) atoms. The molecule has 3 N–H and O–H groups in total. The zero-order chi connectivity index (χ0) is 13.7. The van der Waals surface area contributed by atoms with Crippen LogP contribution in [0.1, 0.15) is 18.4 Å². The normalized spacial score (nSPS) is 27.4. The molecule has 0 radical (unpaired) electrons. The van der Waals surface area contributed by atoms with Gasteiger partial charge in [-0.3, -0.25) is 0 Å². The Morgan fingerprint density at radius 2 is 1.84 bits per heavy atom. The summed E-state index contributed by atoms with van der Waals surface area (Å²) in [5.74, 6) is 0.341. The molecule has 0 amide bonds. The van der Waals surface area contributed by atoms with E-state index in [9.17, 15) is 5.11 Å². The lowest BCUT2D eigenvalue weighted by atomic mass is 10.0. The number of phenols is 1. The van der Waals surface area contributed by atoms with Crippen molar-refractivity contribution in [2.75, 3.05) is 33.7 Å². The molecule has 106 valence electrons. The van der Waals surface area contributed by atoms with E-state index in [0.717, 1.165) is 17.6 Å². The lowest BCUT2D eigenvalue weighted by Crippen LogP contribution is -2.59. The van der Waals surface area contributed by atoms with E-state index in [1.54, 1.807) is 12.1 Å². The molecule has 4 heteroatoms. The second kappa shape index (κ2) is 6.37. The van der Waals surface area contributed by atoms with Crippen LogP contribution in [0.15, 0.2) is 24.3 Å². The second-order valence-electron chi connectivity index (χ2n) is 5.71. The molecule has 0 saturated carbocycles. The van der Waals surface area contributed by atoms with Crippen molar-refractivity contribution in [3.8, 4) is 5.75 Å². The number of hydrogen-bond donors (Lipinski definition) is 3. The van der Waals surface area contributed by atoms with Crippen LogP contribution >= 0.6 is 0 Å². The van der Waals surface area contributed by atoms with Crippen molar-refractivity contribution < 1.29 is 9.70 Å². The molecule has 0 unspecified atom stereocenters. The molecule has 1 aromatic carbocycles. The minimum atomic E-state index is 0.341. The van der Waals surface area contributed by atoms with Gasteiger partial charge in [-0.2, -0.15) is 5.43 Å². The number of piperidine rings is 1. The first kappa shape index (κ1) is 14.3. The third-order valence-electron chi connectivity index (χ3n) is 4.27. The topological polar surface area (TPSA) is 44.3 Å². The smallest absolute Gasteiger partial charge is 0.115 e. The molecule has 1 heterocycles. The van der Waals surface area contributed by atoms with Crippen molar-refractivity contribution in [3.05, 3.63) is 29.8 Å². The van der Waals surface area contributed by atoms with Crippen LogP contribution in [0.2, 0.25) is 0 Å². The molecule has 0 spiro atoms. The maximum atomic E-state index is 9.24. The van der Waals surface area contributed by atoms with E-state index < -0.39 is 0 Å². The van der Waals surface area contributed by atoms with Gasteiger partial charge in [0, 0.05) is 25.9 Å². The Hall–Kier alpha value is -1.10. The Morgan fingerprint density at radius 1 is 1.21 bits per heavy atom. The van der Waals surface area contributed by atoms with Crippen molar-refractivity contribution in [1.29, 1.82) is 0 Å². The molecule has 1 aromatic rings. The molecule has 0 atom stereocenters. The molecule has 1 aliphatic heterocycles. The Balaban J connectivity index is 1.68. The van der Waals surface area contributed by atoms with Crippen molar-refractivity contribution in [2.45, 2.75) is 25.3 Å². The third-order valence-corrected chi connectivity index (χ3v) is 4.27. The Kier molecular flexibility index (Phi) is 4.80. The maximum absolute atomic E-state index is 9.24. The molecule has 1 aliphatic rings. The quantitative estimate of drug-likeness (QED) is 0.702. The number of rotatable bonds is 5. The molecular formula is C15H26N3O+. The highest BCUT2D eigenvalue weighted by atomic mass is 16.3. The van der Waals surface area contributed by atoms with Crippen molar-refractivity contribution in [1.82, 2.24) is 10.7 Å². The van der Waals surface area contributed by atoms with Gasteiger partial charge in [-0.15, -0.1) is 0 Å². The summed E-state index contributed by atoms with van der Waals surface area (Å²) >= 11 is 0. The van der Waals surface area contributed by atoms with Gasteiger partial charge in [0.1, 0.15) is 5.75 Å². The fraction of sp³-hybridized carbons (Fsp3) is 0.600. The summed E-state index contributed by atoms with van der Waals surface area (Å²) in [5, 5.41) is 12.9. The molecule has 0 aromatic heterocycles. The van der Waals surface area contributed by atoms with Crippen molar-refractivity contribution in [3.63, 3.8) is 0 Å². The van der Waals surface area contributed by atoms with Crippen LogP contribution in [0.3, 0.4) is 0 Å². The lowest BCUT2D eigenvalue weighted by molar-refractivity contribution is -0.954. The highest BCUT2D eigenvalue weighted by Gasteiger charge is 2.28. The van der Waals surface area contributed by atoms with E-state index in [2.05, 4.69) is 17.8 Å². The second-order valence-corrected chi connectivity index (χ2v) is 5.71. The SMILES string of the molecule is CN[N+]1(C)CCC(NCCc2ccc(O)cc2)CC1. The van der Waals surface area contributed by atoms with Crippen LogP contribution in [0, 0.1) is 0 Å². The predicted molar refractivity (Wildman–Crippen MR) is 77.8 cm³/mol. The van der Waals surface area contributed by atoms with Gasteiger partial charge in [0.2, 0.25) is 0 Å². The van der Waals surface area contributed by atoms with Gasteiger partial charge in [-0.05, 0) is 30.7 Å². The average Bonchev–Trinajstić information content (AvgIpc) is 2.43. The van der Waals surface area contributed by atoms with Gasteiger partial charge in [0.15, 0.2) is 0 Å². The van der Waals surface area contributed by atoms with Gasteiger partial charge < -0.3 is 10.4 Å². The molecule has 1 fully saturated rings. The summed E-state index contributed by atoms with van der Waals surface area (Å²) in [4.78, 5) is 0. The number of quaternary nitrogens is 1. The maximum Gasteiger partial charge on any atom is 0.115 e. The van der Waals surface area contributed by atoms with Crippen LogP contribution in [0.5, 0.6) is 5.75 Å². The minimum absolute atomic E-state index is 0.341. The van der Waals surface area contributed by atoms with Gasteiger partial charge in [-0.1, -0.05) is 12.1 Å². The zero-order valence-corrected chi connectivity index (χ0v) is 12.0.